The highest BCUT2D eigenvalue weighted by atomic mass is 16.6. The lowest BCUT2D eigenvalue weighted by atomic mass is 9.77. The first kappa shape index (κ1) is 16.8. The van der Waals surface area contributed by atoms with Crippen LogP contribution in [0, 0.1) is 5.41 Å². The van der Waals surface area contributed by atoms with Crippen LogP contribution < -0.4 is 0 Å². The van der Waals surface area contributed by atoms with Crippen molar-refractivity contribution in [1.29, 1.82) is 0 Å². The van der Waals surface area contributed by atoms with Gasteiger partial charge in [0.2, 0.25) is 0 Å². The molecule has 1 aliphatic rings. The molecule has 5 nitrogen and oxygen atoms in total. The van der Waals surface area contributed by atoms with E-state index in [1.807, 2.05) is 27.7 Å². The van der Waals surface area contributed by atoms with Gasteiger partial charge >= 0.3 is 12.1 Å². The Morgan fingerprint density at radius 1 is 1.25 bits per heavy atom. The molecular formula is C15H27NO4. The van der Waals surface area contributed by atoms with E-state index < -0.39 is 11.0 Å². The van der Waals surface area contributed by atoms with Crippen molar-refractivity contribution in [1.82, 2.24) is 4.90 Å². The Hall–Kier alpha value is -1.26. The van der Waals surface area contributed by atoms with Crippen molar-refractivity contribution in [2.45, 2.75) is 59.5 Å². The van der Waals surface area contributed by atoms with Gasteiger partial charge in [-0.1, -0.05) is 6.92 Å². The second-order valence-corrected chi connectivity index (χ2v) is 6.36. The van der Waals surface area contributed by atoms with Crippen LogP contribution in [0.2, 0.25) is 0 Å². The molecule has 116 valence electrons. The molecule has 0 unspecified atom stereocenters. The second kappa shape index (κ2) is 6.46. The van der Waals surface area contributed by atoms with E-state index in [0.29, 0.717) is 26.1 Å². The van der Waals surface area contributed by atoms with Crippen molar-refractivity contribution < 1.29 is 19.1 Å². The van der Waals surface area contributed by atoms with Gasteiger partial charge in [0.15, 0.2) is 0 Å². The topological polar surface area (TPSA) is 55.8 Å². The van der Waals surface area contributed by atoms with E-state index >= 15 is 0 Å². The van der Waals surface area contributed by atoms with E-state index in [1.165, 1.54) is 0 Å². The number of piperidine rings is 1. The van der Waals surface area contributed by atoms with Gasteiger partial charge in [-0.2, -0.15) is 0 Å². The fourth-order valence-corrected chi connectivity index (χ4v) is 2.50. The maximum Gasteiger partial charge on any atom is 0.410 e. The third-order valence-electron chi connectivity index (χ3n) is 3.61. The Morgan fingerprint density at radius 2 is 1.90 bits per heavy atom. The highest BCUT2D eigenvalue weighted by Gasteiger charge is 2.44. The predicted octanol–water partition coefficient (Wildman–Crippen LogP) is 2.98. The molecule has 20 heavy (non-hydrogen) atoms. The van der Waals surface area contributed by atoms with Gasteiger partial charge < -0.3 is 14.4 Å². The van der Waals surface area contributed by atoms with Crippen LogP contribution in [0.1, 0.15) is 53.9 Å². The number of carbonyl (C=O) groups is 2. The highest BCUT2D eigenvalue weighted by molar-refractivity contribution is 5.78. The number of esters is 1. The molecule has 0 bridgehead atoms. The van der Waals surface area contributed by atoms with E-state index in [9.17, 15) is 9.59 Å². The molecule has 1 aliphatic heterocycles. The zero-order valence-corrected chi connectivity index (χ0v) is 13.3. The van der Waals surface area contributed by atoms with E-state index in [1.54, 1.807) is 11.8 Å². The second-order valence-electron chi connectivity index (χ2n) is 6.36. The first-order valence-corrected chi connectivity index (χ1v) is 7.39. The molecule has 0 spiro atoms. The first-order chi connectivity index (χ1) is 9.24. The highest BCUT2D eigenvalue weighted by Crippen LogP contribution is 2.35. The zero-order valence-electron chi connectivity index (χ0n) is 13.3. The molecule has 5 heteroatoms. The Balaban J connectivity index is 2.78. The lowest BCUT2D eigenvalue weighted by Crippen LogP contribution is -2.51. The Bertz CT molecular complexity index is 361. The summed E-state index contributed by atoms with van der Waals surface area (Å²) in [4.78, 5) is 26.0. The molecule has 1 amide bonds. The van der Waals surface area contributed by atoms with Crippen molar-refractivity contribution >= 4 is 12.1 Å². The van der Waals surface area contributed by atoms with Crippen LogP contribution in [-0.2, 0) is 14.3 Å². The standard InChI is InChI=1S/C15H27NO4/c1-6-15(12(17)19-7-2)9-8-10-16(11-15)13(18)20-14(3,4)5/h6-11H2,1-5H3/t15-/m1/s1. The van der Waals surface area contributed by atoms with Gasteiger partial charge in [0.25, 0.3) is 0 Å². The minimum atomic E-state index is -0.578. The van der Waals surface area contributed by atoms with Crippen LogP contribution in [0.3, 0.4) is 0 Å². The molecule has 1 rings (SSSR count). The zero-order chi connectivity index (χ0) is 15.4. The van der Waals surface area contributed by atoms with Crippen LogP contribution in [0.5, 0.6) is 0 Å². The van der Waals surface area contributed by atoms with Crippen LogP contribution in [0.4, 0.5) is 4.79 Å². The molecule has 0 aliphatic carbocycles. The predicted molar refractivity (Wildman–Crippen MR) is 76.4 cm³/mol. The first-order valence-electron chi connectivity index (χ1n) is 7.39. The summed E-state index contributed by atoms with van der Waals surface area (Å²) >= 11 is 0. The summed E-state index contributed by atoms with van der Waals surface area (Å²) in [5.74, 6) is -0.198. The van der Waals surface area contributed by atoms with Crippen LogP contribution in [0.15, 0.2) is 0 Å². The van der Waals surface area contributed by atoms with Crippen LogP contribution in [-0.4, -0.2) is 42.3 Å². The van der Waals surface area contributed by atoms with Gasteiger partial charge in [0.1, 0.15) is 5.60 Å². The van der Waals surface area contributed by atoms with Gasteiger partial charge in [0, 0.05) is 13.1 Å². The van der Waals surface area contributed by atoms with Gasteiger partial charge in [0.05, 0.1) is 12.0 Å². The Morgan fingerprint density at radius 3 is 2.40 bits per heavy atom. The summed E-state index contributed by atoms with van der Waals surface area (Å²) in [5, 5.41) is 0. The molecule has 1 fully saturated rings. The normalized spacial score (nSPS) is 23.4. The molecule has 1 atom stereocenters. The number of rotatable bonds is 3. The number of amides is 1. The minimum Gasteiger partial charge on any atom is -0.466 e. The number of carbonyl (C=O) groups excluding carboxylic acids is 2. The van der Waals surface area contributed by atoms with Crippen molar-refractivity contribution in [3.8, 4) is 0 Å². The molecule has 0 N–H and O–H groups in total. The number of ether oxygens (including phenoxy) is 2. The van der Waals surface area contributed by atoms with E-state index in [-0.39, 0.29) is 12.1 Å². The maximum atomic E-state index is 12.2. The molecule has 1 saturated heterocycles. The third-order valence-corrected chi connectivity index (χ3v) is 3.61. The largest absolute Gasteiger partial charge is 0.466 e. The smallest absolute Gasteiger partial charge is 0.410 e. The van der Waals surface area contributed by atoms with Gasteiger partial charge in [-0.25, -0.2) is 4.79 Å². The molecular weight excluding hydrogens is 258 g/mol. The van der Waals surface area contributed by atoms with Crippen molar-refractivity contribution in [2.75, 3.05) is 19.7 Å². The number of likely N-dealkylation sites (tertiary alicyclic amines) is 1. The average Bonchev–Trinajstić information content (AvgIpc) is 2.37. The summed E-state index contributed by atoms with van der Waals surface area (Å²) in [6.45, 7) is 10.7. The summed E-state index contributed by atoms with van der Waals surface area (Å²) < 4.78 is 10.6. The quantitative estimate of drug-likeness (QED) is 0.748. The molecule has 0 saturated carbocycles. The van der Waals surface area contributed by atoms with Gasteiger partial charge in [-0.15, -0.1) is 0 Å². The van der Waals surface area contributed by atoms with E-state index in [2.05, 4.69) is 0 Å². The lowest BCUT2D eigenvalue weighted by molar-refractivity contribution is -0.159. The fourth-order valence-electron chi connectivity index (χ4n) is 2.50. The molecule has 0 aromatic carbocycles. The molecule has 0 aromatic rings. The summed E-state index contributed by atoms with van der Waals surface area (Å²) in [6, 6.07) is 0. The van der Waals surface area contributed by atoms with Crippen molar-refractivity contribution in [2.24, 2.45) is 5.41 Å². The van der Waals surface area contributed by atoms with E-state index in [0.717, 1.165) is 12.8 Å². The molecule has 0 radical (unpaired) electrons. The van der Waals surface area contributed by atoms with E-state index in [4.69, 9.17) is 9.47 Å². The number of hydrogen-bond acceptors (Lipinski definition) is 4. The molecule has 0 aromatic heterocycles. The average molecular weight is 285 g/mol. The van der Waals surface area contributed by atoms with Gasteiger partial charge in [-0.05, 0) is 47.0 Å². The Kier molecular flexibility index (Phi) is 5.42. The summed E-state index contributed by atoms with van der Waals surface area (Å²) in [5.41, 5.74) is -1.10. The minimum absolute atomic E-state index is 0.198. The fraction of sp³-hybridized carbons (Fsp3) is 0.867. The summed E-state index contributed by atoms with van der Waals surface area (Å²) in [7, 11) is 0. The Labute approximate surface area is 121 Å². The van der Waals surface area contributed by atoms with Gasteiger partial charge in [-0.3, -0.25) is 4.79 Å². The maximum absolute atomic E-state index is 12.2. The monoisotopic (exact) mass is 285 g/mol. The van der Waals surface area contributed by atoms with Crippen molar-refractivity contribution in [3.05, 3.63) is 0 Å². The summed E-state index contributed by atoms with van der Waals surface area (Å²) in [6.07, 6.45) is 1.89. The third kappa shape index (κ3) is 4.12. The number of nitrogens with zero attached hydrogens (tertiary/aromatic N) is 1. The van der Waals surface area contributed by atoms with Crippen LogP contribution >= 0.6 is 0 Å². The molecule has 1 heterocycles. The SMILES string of the molecule is CCOC(=O)[C@]1(CC)CCCN(C(=O)OC(C)(C)C)C1. The van der Waals surface area contributed by atoms with Crippen molar-refractivity contribution in [3.63, 3.8) is 0 Å². The van der Waals surface area contributed by atoms with Crippen LogP contribution in [0.25, 0.3) is 0 Å². The lowest BCUT2D eigenvalue weighted by Gasteiger charge is -2.40. The number of hydrogen-bond donors (Lipinski definition) is 0.